The second-order valence-corrected chi connectivity index (χ2v) is 7.87. The third kappa shape index (κ3) is 5.27. The van der Waals surface area contributed by atoms with Crippen molar-refractivity contribution in [2.24, 2.45) is 5.92 Å². The van der Waals surface area contributed by atoms with Gasteiger partial charge >= 0.3 is 5.97 Å². The van der Waals surface area contributed by atoms with E-state index in [1.54, 1.807) is 12.1 Å². The molecule has 24 heavy (non-hydrogen) atoms. The number of hydrogen-bond acceptors (Lipinski definition) is 5. The maximum atomic E-state index is 12.1. The number of nitrogens with one attached hydrogen (secondary N) is 1. The fourth-order valence-corrected chi connectivity index (χ4v) is 4.17. The summed E-state index contributed by atoms with van der Waals surface area (Å²) in [6, 6.07) is 5.57. The predicted molar refractivity (Wildman–Crippen MR) is 87.1 cm³/mol. The monoisotopic (exact) mass is 356 g/mol. The number of sulfonamides is 1. The largest absolute Gasteiger partial charge is 0.481 e. The maximum absolute atomic E-state index is 12.1. The topological polar surface area (TPSA) is 127 Å². The highest BCUT2D eigenvalue weighted by molar-refractivity contribution is 7.89. The zero-order chi connectivity index (χ0) is 17.7. The number of carboxylic acid groups (broad SMARTS) is 1. The number of rotatable bonds is 7. The standard InChI is InChI=1S/C15H20N2O6S/c18-15(19)12-3-5-13(6-4-12)16-24(22,23)10-9-11-1-7-14(8-2-11)17(20)21/h1-2,7-8,12-13,16H,3-6,9-10H2,(H,18,19). The van der Waals surface area contributed by atoms with E-state index in [0.29, 0.717) is 31.2 Å². The van der Waals surface area contributed by atoms with Crippen molar-refractivity contribution < 1.29 is 23.2 Å². The van der Waals surface area contributed by atoms with Crippen LogP contribution in [0.3, 0.4) is 0 Å². The minimum atomic E-state index is -3.47. The van der Waals surface area contributed by atoms with Crippen LogP contribution in [-0.2, 0) is 21.2 Å². The molecule has 0 saturated heterocycles. The van der Waals surface area contributed by atoms with Gasteiger partial charge in [0.1, 0.15) is 0 Å². The van der Waals surface area contributed by atoms with Crippen molar-refractivity contribution in [1.29, 1.82) is 0 Å². The molecule has 1 aliphatic carbocycles. The fourth-order valence-electron chi connectivity index (χ4n) is 2.81. The summed E-state index contributed by atoms with van der Waals surface area (Å²) in [6.07, 6.45) is 2.26. The first kappa shape index (κ1) is 18.3. The van der Waals surface area contributed by atoms with Gasteiger partial charge < -0.3 is 5.11 Å². The highest BCUT2D eigenvalue weighted by atomic mass is 32.2. The van der Waals surface area contributed by atoms with Gasteiger partial charge in [-0.1, -0.05) is 12.1 Å². The van der Waals surface area contributed by atoms with Crippen LogP contribution in [0, 0.1) is 16.0 Å². The summed E-state index contributed by atoms with van der Waals surface area (Å²) in [5.74, 6) is -1.32. The van der Waals surface area contributed by atoms with E-state index < -0.39 is 20.9 Å². The molecule has 2 rings (SSSR count). The number of aliphatic carboxylic acids is 1. The lowest BCUT2D eigenvalue weighted by molar-refractivity contribution is -0.384. The number of carboxylic acids is 1. The van der Waals surface area contributed by atoms with E-state index >= 15 is 0 Å². The van der Waals surface area contributed by atoms with Gasteiger partial charge in [-0.15, -0.1) is 0 Å². The van der Waals surface area contributed by atoms with Crippen LogP contribution in [0.1, 0.15) is 31.2 Å². The molecule has 1 aliphatic rings. The number of aryl methyl sites for hydroxylation is 1. The molecule has 0 heterocycles. The molecule has 1 fully saturated rings. The van der Waals surface area contributed by atoms with E-state index in [9.17, 15) is 23.3 Å². The first-order valence-corrected chi connectivity index (χ1v) is 9.38. The fraction of sp³-hybridized carbons (Fsp3) is 0.533. The predicted octanol–water partition coefficient (Wildman–Crippen LogP) is 1.70. The highest BCUT2D eigenvalue weighted by Crippen LogP contribution is 2.25. The van der Waals surface area contributed by atoms with Crippen molar-refractivity contribution in [2.45, 2.75) is 38.1 Å². The van der Waals surface area contributed by atoms with Crippen molar-refractivity contribution in [1.82, 2.24) is 4.72 Å². The average molecular weight is 356 g/mol. The van der Waals surface area contributed by atoms with Gasteiger partial charge in [0.25, 0.3) is 5.69 Å². The highest BCUT2D eigenvalue weighted by Gasteiger charge is 2.28. The van der Waals surface area contributed by atoms with Crippen LogP contribution in [0.2, 0.25) is 0 Å². The molecule has 1 aromatic carbocycles. The molecule has 0 bridgehead atoms. The molecule has 0 aromatic heterocycles. The molecule has 0 atom stereocenters. The molecule has 1 saturated carbocycles. The molecule has 0 spiro atoms. The summed E-state index contributed by atoms with van der Waals surface area (Å²) in [4.78, 5) is 21.0. The van der Waals surface area contributed by atoms with Gasteiger partial charge in [-0.3, -0.25) is 14.9 Å². The smallest absolute Gasteiger partial charge is 0.306 e. The Morgan fingerprint density at radius 3 is 2.29 bits per heavy atom. The zero-order valence-corrected chi connectivity index (χ0v) is 13.9. The molecule has 1 aromatic rings. The van der Waals surface area contributed by atoms with E-state index in [1.807, 2.05) is 0 Å². The van der Waals surface area contributed by atoms with Crippen molar-refractivity contribution >= 4 is 21.7 Å². The first-order chi connectivity index (χ1) is 11.3. The number of nitrogens with zero attached hydrogens (tertiary/aromatic N) is 1. The van der Waals surface area contributed by atoms with Crippen molar-refractivity contribution in [3.63, 3.8) is 0 Å². The number of non-ortho nitro benzene ring substituents is 1. The van der Waals surface area contributed by atoms with Crippen LogP contribution in [0.5, 0.6) is 0 Å². The van der Waals surface area contributed by atoms with E-state index in [4.69, 9.17) is 5.11 Å². The lowest BCUT2D eigenvalue weighted by atomic mass is 9.87. The normalized spacial score (nSPS) is 21.3. The SMILES string of the molecule is O=C(O)C1CCC(NS(=O)(=O)CCc2ccc([N+](=O)[O-])cc2)CC1. The summed E-state index contributed by atoms with van der Waals surface area (Å²) < 4.78 is 26.9. The van der Waals surface area contributed by atoms with Crippen LogP contribution in [0.25, 0.3) is 0 Å². The number of nitro groups is 1. The van der Waals surface area contributed by atoms with Gasteiger partial charge in [0.2, 0.25) is 10.0 Å². The van der Waals surface area contributed by atoms with E-state index in [-0.39, 0.29) is 29.8 Å². The molecule has 2 N–H and O–H groups in total. The molecule has 0 unspecified atom stereocenters. The zero-order valence-electron chi connectivity index (χ0n) is 13.1. The van der Waals surface area contributed by atoms with Crippen molar-refractivity contribution in [2.75, 3.05) is 5.75 Å². The third-order valence-corrected chi connectivity index (χ3v) is 5.66. The van der Waals surface area contributed by atoms with Crippen LogP contribution in [0.15, 0.2) is 24.3 Å². The van der Waals surface area contributed by atoms with Gasteiger partial charge in [-0.2, -0.15) is 0 Å². The number of carbonyl (C=O) groups is 1. The summed E-state index contributed by atoms with van der Waals surface area (Å²) in [6.45, 7) is 0. The Hall–Kier alpha value is -2.00. The van der Waals surface area contributed by atoms with E-state index in [2.05, 4.69) is 4.72 Å². The molecular formula is C15H20N2O6S. The Labute approximate surface area is 140 Å². The second kappa shape index (κ2) is 7.71. The van der Waals surface area contributed by atoms with Crippen LogP contribution in [0.4, 0.5) is 5.69 Å². The van der Waals surface area contributed by atoms with E-state index in [0.717, 1.165) is 0 Å². The molecule has 8 nitrogen and oxygen atoms in total. The van der Waals surface area contributed by atoms with Gasteiger partial charge in [0.05, 0.1) is 16.6 Å². The van der Waals surface area contributed by atoms with Crippen molar-refractivity contribution in [3.8, 4) is 0 Å². The average Bonchev–Trinajstić information content (AvgIpc) is 2.53. The maximum Gasteiger partial charge on any atom is 0.306 e. The Bertz CT molecular complexity index is 693. The van der Waals surface area contributed by atoms with Crippen LogP contribution in [-0.4, -0.2) is 36.2 Å². The lowest BCUT2D eigenvalue weighted by Crippen LogP contribution is -2.40. The first-order valence-electron chi connectivity index (χ1n) is 7.73. The Balaban J connectivity index is 1.83. The molecule has 0 radical (unpaired) electrons. The third-order valence-electron chi connectivity index (χ3n) is 4.23. The van der Waals surface area contributed by atoms with Gasteiger partial charge in [0.15, 0.2) is 0 Å². The Kier molecular flexibility index (Phi) is 5.89. The lowest BCUT2D eigenvalue weighted by Gasteiger charge is -2.26. The molecule has 0 amide bonds. The Morgan fingerprint density at radius 2 is 1.79 bits per heavy atom. The number of nitro benzene ring substituents is 1. The quantitative estimate of drug-likeness (QED) is 0.565. The summed E-state index contributed by atoms with van der Waals surface area (Å²) in [7, 11) is -3.47. The van der Waals surface area contributed by atoms with Crippen LogP contribution < -0.4 is 4.72 Å². The number of benzene rings is 1. The minimum absolute atomic E-state index is 0.0325. The Morgan fingerprint density at radius 1 is 1.21 bits per heavy atom. The number of hydrogen-bond donors (Lipinski definition) is 2. The molecule has 9 heteroatoms. The second-order valence-electron chi connectivity index (χ2n) is 6.00. The molecule has 132 valence electrons. The minimum Gasteiger partial charge on any atom is -0.481 e. The summed E-state index contributed by atoms with van der Waals surface area (Å²) >= 11 is 0. The summed E-state index contributed by atoms with van der Waals surface area (Å²) in [5.41, 5.74) is 0.676. The molecule has 0 aliphatic heterocycles. The van der Waals surface area contributed by atoms with Gasteiger partial charge in [0, 0.05) is 18.2 Å². The van der Waals surface area contributed by atoms with Gasteiger partial charge in [-0.05, 0) is 37.7 Å². The summed E-state index contributed by atoms with van der Waals surface area (Å²) in [5, 5.41) is 19.5. The molecular weight excluding hydrogens is 336 g/mol. The van der Waals surface area contributed by atoms with E-state index in [1.165, 1.54) is 12.1 Å². The van der Waals surface area contributed by atoms with Crippen molar-refractivity contribution in [3.05, 3.63) is 39.9 Å². The van der Waals surface area contributed by atoms with Gasteiger partial charge in [-0.25, -0.2) is 13.1 Å². The van der Waals surface area contributed by atoms with Crippen LogP contribution >= 0.6 is 0 Å².